The first kappa shape index (κ1) is 16.5. The highest BCUT2D eigenvalue weighted by Gasteiger charge is 2.19. The van der Waals surface area contributed by atoms with Crippen molar-refractivity contribution in [3.05, 3.63) is 45.2 Å². The fraction of sp³-hybridized carbons (Fsp3) is 0.500. The molecule has 2 aromatic rings. The summed E-state index contributed by atoms with van der Waals surface area (Å²) in [6.07, 6.45) is 3.61. The maximum Gasteiger partial charge on any atom is 0.189 e. The predicted molar refractivity (Wildman–Crippen MR) is 96.2 cm³/mol. The van der Waals surface area contributed by atoms with Gasteiger partial charge in [0, 0.05) is 36.3 Å². The second kappa shape index (κ2) is 7.04. The second-order valence-corrected chi connectivity index (χ2v) is 7.05. The molecule has 124 valence electrons. The number of hydrogen-bond donors (Lipinski definition) is 1. The van der Waals surface area contributed by atoms with Crippen molar-refractivity contribution >= 4 is 22.5 Å². The molecule has 0 amide bonds. The van der Waals surface area contributed by atoms with E-state index < -0.39 is 0 Å². The van der Waals surface area contributed by atoms with Crippen LogP contribution in [-0.2, 0) is 6.54 Å². The topological polar surface area (TPSA) is 39.3 Å². The maximum atomic E-state index is 12.3. The van der Waals surface area contributed by atoms with Crippen molar-refractivity contribution in [2.24, 2.45) is 0 Å². The first-order valence-corrected chi connectivity index (χ1v) is 8.61. The van der Waals surface area contributed by atoms with Gasteiger partial charge in [0.1, 0.15) is 0 Å². The molecule has 1 aliphatic heterocycles. The third kappa shape index (κ3) is 3.77. The van der Waals surface area contributed by atoms with Crippen LogP contribution in [0.5, 0.6) is 0 Å². The van der Waals surface area contributed by atoms with Crippen LogP contribution in [0.25, 0.3) is 10.9 Å². The van der Waals surface area contributed by atoms with Crippen LogP contribution >= 0.6 is 11.6 Å². The molecule has 3 rings (SSSR count). The normalized spacial score (nSPS) is 20.1. The van der Waals surface area contributed by atoms with E-state index in [1.54, 1.807) is 6.07 Å². The van der Waals surface area contributed by atoms with E-state index in [1.165, 1.54) is 19.3 Å². The largest absolute Gasteiger partial charge is 0.356 e. The van der Waals surface area contributed by atoms with E-state index in [-0.39, 0.29) is 5.43 Å². The number of aromatic amines is 1. The van der Waals surface area contributed by atoms with Gasteiger partial charge in [0.25, 0.3) is 0 Å². The Hall–Kier alpha value is -1.36. The van der Waals surface area contributed by atoms with Crippen molar-refractivity contribution in [3.63, 3.8) is 0 Å². The van der Waals surface area contributed by atoms with E-state index >= 15 is 0 Å². The number of aromatic nitrogens is 1. The number of rotatable bonds is 3. The molecule has 1 aromatic heterocycles. The molecule has 0 bridgehead atoms. The Balaban J connectivity index is 1.79. The molecule has 2 heterocycles. The molecule has 0 saturated carbocycles. The number of likely N-dealkylation sites (tertiary alicyclic amines) is 1. The lowest BCUT2D eigenvalue weighted by Gasteiger charge is -2.23. The van der Waals surface area contributed by atoms with Gasteiger partial charge in [-0.3, -0.25) is 9.69 Å². The van der Waals surface area contributed by atoms with E-state index in [2.05, 4.69) is 28.9 Å². The van der Waals surface area contributed by atoms with Crippen LogP contribution in [0.15, 0.2) is 29.1 Å². The second-order valence-electron chi connectivity index (χ2n) is 6.65. The Morgan fingerprint density at radius 2 is 2.13 bits per heavy atom. The molecule has 1 aliphatic rings. The lowest BCUT2D eigenvalue weighted by molar-refractivity contribution is 0.244. The van der Waals surface area contributed by atoms with Crippen LogP contribution in [0.1, 0.15) is 25.0 Å². The fourth-order valence-electron chi connectivity index (χ4n) is 3.43. The van der Waals surface area contributed by atoms with E-state index in [0.717, 1.165) is 30.8 Å². The molecule has 5 heteroatoms. The quantitative estimate of drug-likeness (QED) is 0.938. The van der Waals surface area contributed by atoms with Gasteiger partial charge in [-0.15, -0.1) is 0 Å². The maximum absolute atomic E-state index is 12.3. The fourth-order valence-corrected chi connectivity index (χ4v) is 3.65. The van der Waals surface area contributed by atoms with Gasteiger partial charge in [-0.25, -0.2) is 0 Å². The Bertz CT molecular complexity index is 741. The third-order valence-corrected chi connectivity index (χ3v) is 5.10. The molecule has 4 nitrogen and oxygen atoms in total. The van der Waals surface area contributed by atoms with Crippen molar-refractivity contribution in [2.45, 2.75) is 31.8 Å². The summed E-state index contributed by atoms with van der Waals surface area (Å²) in [4.78, 5) is 20.4. The zero-order valence-electron chi connectivity index (χ0n) is 13.8. The molecule has 0 radical (unpaired) electrons. The van der Waals surface area contributed by atoms with Crippen molar-refractivity contribution < 1.29 is 0 Å². The predicted octanol–water partition coefficient (Wildman–Crippen LogP) is 3.10. The molecule has 23 heavy (non-hydrogen) atoms. The minimum atomic E-state index is 0.0391. The number of para-hydroxylation sites is 1. The number of hydrogen-bond acceptors (Lipinski definition) is 3. The van der Waals surface area contributed by atoms with Gasteiger partial charge >= 0.3 is 0 Å². The lowest BCUT2D eigenvalue weighted by Crippen LogP contribution is -2.30. The van der Waals surface area contributed by atoms with Crippen molar-refractivity contribution in [1.82, 2.24) is 14.8 Å². The molecular formula is C18H24ClN3O. The van der Waals surface area contributed by atoms with Crippen LogP contribution in [0, 0.1) is 0 Å². The molecule has 0 unspecified atom stereocenters. The van der Waals surface area contributed by atoms with Crippen LogP contribution in [0.4, 0.5) is 0 Å². The molecule has 1 aromatic carbocycles. The number of halogens is 1. The zero-order chi connectivity index (χ0) is 16.4. The molecule has 0 aliphatic carbocycles. The van der Waals surface area contributed by atoms with Gasteiger partial charge in [-0.05, 0) is 52.0 Å². The van der Waals surface area contributed by atoms with Gasteiger partial charge in [0.15, 0.2) is 5.43 Å². The molecular weight excluding hydrogens is 310 g/mol. The van der Waals surface area contributed by atoms with Crippen LogP contribution in [0.3, 0.4) is 0 Å². The molecule has 1 atom stereocenters. The molecule has 0 spiro atoms. The van der Waals surface area contributed by atoms with Crippen molar-refractivity contribution in [2.75, 3.05) is 27.2 Å². The summed E-state index contributed by atoms with van der Waals surface area (Å²) < 4.78 is 0. The van der Waals surface area contributed by atoms with E-state index in [1.807, 2.05) is 18.2 Å². The van der Waals surface area contributed by atoms with Crippen LogP contribution in [0.2, 0.25) is 5.02 Å². The summed E-state index contributed by atoms with van der Waals surface area (Å²) in [5, 5.41) is 1.26. The van der Waals surface area contributed by atoms with Gasteiger partial charge in [0.2, 0.25) is 0 Å². The minimum absolute atomic E-state index is 0.0391. The smallest absolute Gasteiger partial charge is 0.189 e. The number of benzene rings is 1. The van der Waals surface area contributed by atoms with E-state index in [9.17, 15) is 4.79 Å². The Labute approximate surface area is 142 Å². The zero-order valence-corrected chi connectivity index (χ0v) is 14.6. The number of nitrogens with zero attached hydrogens (tertiary/aromatic N) is 2. The van der Waals surface area contributed by atoms with E-state index in [4.69, 9.17) is 11.6 Å². The van der Waals surface area contributed by atoms with Gasteiger partial charge in [-0.1, -0.05) is 17.7 Å². The van der Waals surface area contributed by atoms with Crippen molar-refractivity contribution in [3.8, 4) is 0 Å². The number of nitrogens with one attached hydrogen (secondary N) is 1. The number of fused-ring (bicyclic) bond motifs is 1. The highest BCUT2D eigenvalue weighted by Crippen LogP contribution is 2.20. The standard InChI is InChI=1S/C18H24ClN3O/c1-21(2)14-5-4-9-22(10-8-14)12-13-11-17(23)15-6-3-7-16(19)18(15)20-13/h3,6-7,11,14H,4-5,8-10,12H2,1-2H3,(H,20,23)/t14-/m1/s1. The molecule has 1 N–H and O–H groups in total. The minimum Gasteiger partial charge on any atom is -0.356 e. The number of pyridine rings is 1. The van der Waals surface area contributed by atoms with Crippen LogP contribution in [-0.4, -0.2) is 48.0 Å². The van der Waals surface area contributed by atoms with Gasteiger partial charge in [-0.2, -0.15) is 0 Å². The summed E-state index contributed by atoms with van der Waals surface area (Å²) in [5.41, 5.74) is 1.73. The number of H-pyrrole nitrogens is 1. The summed E-state index contributed by atoms with van der Waals surface area (Å²) in [5.74, 6) is 0. The van der Waals surface area contributed by atoms with Gasteiger partial charge in [0.05, 0.1) is 10.5 Å². The van der Waals surface area contributed by atoms with E-state index in [0.29, 0.717) is 16.5 Å². The highest BCUT2D eigenvalue weighted by atomic mass is 35.5. The van der Waals surface area contributed by atoms with Crippen molar-refractivity contribution in [1.29, 1.82) is 0 Å². The third-order valence-electron chi connectivity index (χ3n) is 4.78. The van der Waals surface area contributed by atoms with Crippen LogP contribution < -0.4 is 5.43 Å². The average molecular weight is 334 g/mol. The first-order valence-electron chi connectivity index (χ1n) is 8.24. The lowest BCUT2D eigenvalue weighted by atomic mass is 10.1. The molecule has 1 fully saturated rings. The van der Waals surface area contributed by atoms with Gasteiger partial charge < -0.3 is 9.88 Å². The Kier molecular flexibility index (Phi) is 5.05. The molecule has 1 saturated heterocycles. The Morgan fingerprint density at radius 1 is 1.30 bits per heavy atom. The summed E-state index contributed by atoms with van der Waals surface area (Å²) in [6.45, 7) is 2.91. The Morgan fingerprint density at radius 3 is 2.91 bits per heavy atom. The first-order chi connectivity index (χ1) is 11.0. The highest BCUT2D eigenvalue weighted by molar-refractivity contribution is 6.35. The SMILES string of the molecule is CN(C)[C@@H]1CCCN(Cc2cc(=O)c3cccc(Cl)c3[nH]2)CC1. The summed E-state index contributed by atoms with van der Waals surface area (Å²) >= 11 is 6.23. The summed E-state index contributed by atoms with van der Waals surface area (Å²) in [6, 6.07) is 7.82. The summed E-state index contributed by atoms with van der Waals surface area (Å²) in [7, 11) is 4.31. The monoisotopic (exact) mass is 333 g/mol. The average Bonchev–Trinajstić information content (AvgIpc) is 2.74.